The van der Waals surface area contributed by atoms with Crippen molar-refractivity contribution in [3.63, 3.8) is 0 Å². The molecule has 4 rings (SSSR count). The van der Waals surface area contributed by atoms with Gasteiger partial charge in [0.1, 0.15) is 23.4 Å². The summed E-state index contributed by atoms with van der Waals surface area (Å²) in [5.74, 6) is 0.956. The minimum atomic E-state index is -4.62. The first kappa shape index (κ1) is 21.9. The maximum Gasteiger partial charge on any atom is 0.433 e. The molecule has 8 nitrogen and oxygen atoms in total. The number of hydrogen-bond acceptors (Lipinski definition) is 8. The number of rotatable bonds is 5. The molecular formula is C21H22F3N5O3. The molecule has 1 fully saturated rings. The fraction of sp³-hybridized carbons (Fsp3) is 0.381. The molecular weight excluding hydrogens is 427 g/mol. The molecule has 0 amide bonds. The maximum atomic E-state index is 13.1. The van der Waals surface area contributed by atoms with E-state index in [0.717, 1.165) is 6.07 Å². The van der Waals surface area contributed by atoms with E-state index in [4.69, 9.17) is 15.2 Å². The molecule has 11 heteroatoms. The van der Waals surface area contributed by atoms with Crippen LogP contribution in [-0.2, 0) is 10.9 Å². The monoisotopic (exact) mass is 449 g/mol. The summed E-state index contributed by atoms with van der Waals surface area (Å²) in [7, 11) is 0. The molecule has 3 aromatic rings. The first-order chi connectivity index (χ1) is 15.1. The van der Waals surface area contributed by atoms with Crippen LogP contribution < -0.4 is 15.8 Å². The molecule has 2 aromatic heterocycles. The number of nitrogens with two attached hydrogens (primary N) is 1. The Labute approximate surface area is 181 Å². The molecule has 0 bridgehead atoms. The predicted octanol–water partition coefficient (Wildman–Crippen LogP) is 3.98. The normalized spacial score (nSPS) is 17.5. The molecule has 0 saturated carbocycles. The SMILES string of the molecule is Cc1nc(N[C@H](C)c2cc(N)cc(C(F)(F)F)n2)c2cc(OC3CCOC3)c(O)cc2n1. The van der Waals surface area contributed by atoms with Crippen LogP contribution in [0.4, 0.5) is 24.7 Å². The minimum Gasteiger partial charge on any atom is -0.504 e. The van der Waals surface area contributed by atoms with E-state index < -0.39 is 17.9 Å². The number of alkyl halides is 3. The summed E-state index contributed by atoms with van der Waals surface area (Å²) >= 11 is 0. The maximum absolute atomic E-state index is 13.1. The second-order valence-electron chi connectivity index (χ2n) is 7.63. The number of aryl methyl sites for hydroxylation is 1. The van der Waals surface area contributed by atoms with Gasteiger partial charge in [-0.05, 0) is 32.0 Å². The van der Waals surface area contributed by atoms with Crippen LogP contribution in [0.2, 0.25) is 0 Å². The van der Waals surface area contributed by atoms with Crippen LogP contribution >= 0.6 is 0 Å². The first-order valence-corrected chi connectivity index (χ1v) is 9.97. The number of hydrogen-bond donors (Lipinski definition) is 3. The number of nitrogens with zero attached hydrogens (tertiary/aromatic N) is 3. The number of aromatic hydroxyl groups is 1. The van der Waals surface area contributed by atoms with Crippen LogP contribution in [0.1, 0.15) is 36.6 Å². The highest BCUT2D eigenvalue weighted by Crippen LogP contribution is 2.36. The molecule has 2 atom stereocenters. The number of benzene rings is 1. The van der Waals surface area contributed by atoms with Crippen LogP contribution in [0.25, 0.3) is 10.9 Å². The number of anilines is 2. The topological polar surface area (TPSA) is 115 Å². The van der Waals surface area contributed by atoms with Crippen molar-refractivity contribution < 1.29 is 27.8 Å². The Morgan fingerprint density at radius 3 is 2.69 bits per heavy atom. The average Bonchev–Trinajstić information content (AvgIpc) is 3.21. The summed E-state index contributed by atoms with van der Waals surface area (Å²) in [5, 5.41) is 14.0. The van der Waals surface area contributed by atoms with Gasteiger partial charge in [-0.3, -0.25) is 0 Å². The van der Waals surface area contributed by atoms with Gasteiger partial charge < -0.3 is 25.6 Å². The highest BCUT2D eigenvalue weighted by atomic mass is 19.4. The Balaban J connectivity index is 1.69. The lowest BCUT2D eigenvalue weighted by atomic mass is 10.1. The molecule has 0 radical (unpaired) electrons. The Morgan fingerprint density at radius 2 is 2.00 bits per heavy atom. The number of nitrogen functional groups attached to an aromatic ring is 1. The summed E-state index contributed by atoms with van der Waals surface area (Å²) in [6.45, 7) is 4.33. The molecule has 1 aliphatic heterocycles. The highest BCUT2D eigenvalue weighted by molar-refractivity contribution is 5.91. The number of halogens is 3. The second kappa shape index (κ2) is 8.30. The van der Waals surface area contributed by atoms with Gasteiger partial charge >= 0.3 is 6.18 Å². The van der Waals surface area contributed by atoms with Gasteiger partial charge in [-0.1, -0.05) is 0 Å². The van der Waals surface area contributed by atoms with Gasteiger partial charge in [0.25, 0.3) is 0 Å². The Kier molecular flexibility index (Phi) is 5.68. The van der Waals surface area contributed by atoms with Gasteiger partial charge in [0.15, 0.2) is 11.5 Å². The number of ether oxygens (including phenoxy) is 2. The van der Waals surface area contributed by atoms with Gasteiger partial charge in [-0.2, -0.15) is 13.2 Å². The van der Waals surface area contributed by atoms with Crippen LogP contribution in [0.5, 0.6) is 11.5 Å². The van der Waals surface area contributed by atoms with Crippen LogP contribution in [0.3, 0.4) is 0 Å². The van der Waals surface area contributed by atoms with E-state index in [1.165, 1.54) is 12.1 Å². The number of pyridine rings is 1. The Bertz CT molecular complexity index is 1150. The fourth-order valence-corrected chi connectivity index (χ4v) is 3.47. The smallest absolute Gasteiger partial charge is 0.433 e. The molecule has 1 aromatic carbocycles. The standard InChI is InChI=1S/C21H22F3N5O3/c1-10(15-5-12(25)6-19(29-15)21(22,23)24)26-20-14-7-18(32-13-3-4-31-9-13)17(30)8-16(14)27-11(2)28-20/h5-8,10,13,30H,3-4,9H2,1-2H3,(H2,25,29)(H,26,27,28)/t10-,13?/m1/s1. The van der Waals surface area contributed by atoms with Gasteiger partial charge in [0, 0.05) is 23.6 Å². The van der Waals surface area contributed by atoms with Crippen LogP contribution in [-0.4, -0.2) is 39.4 Å². The van der Waals surface area contributed by atoms with E-state index in [1.807, 2.05) is 0 Å². The van der Waals surface area contributed by atoms with Gasteiger partial charge in [0.05, 0.1) is 30.5 Å². The van der Waals surface area contributed by atoms with Crippen molar-refractivity contribution in [3.8, 4) is 11.5 Å². The summed E-state index contributed by atoms with van der Waals surface area (Å²) in [6.07, 6.45) is -4.10. The van der Waals surface area contributed by atoms with E-state index >= 15 is 0 Å². The zero-order chi connectivity index (χ0) is 23.0. The largest absolute Gasteiger partial charge is 0.504 e. The third-order valence-corrected chi connectivity index (χ3v) is 5.02. The van der Waals surface area contributed by atoms with Gasteiger partial charge in [-0.15, -0.1) is 0 Å². The van der Waals surface area contributed by atoms with Crippen molar-refractivity contribution in [3.05, 3.63) is 41.5 Å². The van der Waals surface area contributed by atoms with E-state index in [1.54, 1.807) is 19.9 Å². The molecule has 32 heavy (non-hydrogen) atoms. The lowest BCUT2D eigenvalue weighted by Crippen LogP contribution is -2.16. The highest BCUT2D eigenvalue weighted by Gasteiger charge is 2.33. The number of nitrogens with one attached hydrogen (secondary N) is 1. The average molecular weight is 449 g/mol. The number of phenols is 1. The van der Waals surface area contributed by atoms with Crippen molar-refractivity contribution >= 4 is 22.4 Å². The molecule has 1 unspecified atom stereocenters. The first-order valence-electron chi connectivity index (χ1n) is 9.97. The summed E-state index contributed by atoms with van der Waals surface area (Å²) < 4.78 is 50.6. The molecule has 0 spiro atoms. The zero-order valence-corrected chi connectivity index (χ0v) is 17.4. The third-order valence-electron chi connectivity index (χ3n) is 5.02. The van der Waals surface area contributed by atoms with Gasteiger partial charge in [-0.25, -0.2) is 15.0 Å². The molecule has 4 N–H and O–H groups in total. The van der Waals surface area contributed by atoms with Gasteiger partial charge in [0.2, 0.25) is 0 Å². The third kappa shape index (κ3) is 4.62. The van der Waals surface area contributed by atoms with Crippen molar-refractivity contribution in [2.45, 2.75) is 38.6 Å². The lowest BCUT2D eigenvalue weighted by Gasteiger charge is -2.19. The Morgan fingerprint density at radius 1 is 1.22 bits per heavy atom. The summed E-state index contributed by atoms with van der Waals surface area (Å²) in [6, 6.07) is 4.58. The second-order valence-corrected chi connectivity index (χ2v) is 7.63. The summed E-state index contributed by atoms with van der Waals surface area (Å²) in [4.78, 5) is 12.4. The van der Waals surface area contributed by atoms with E-state index in [2.05, 4.69) is 20.3 Å². The molecule has 1 saturated heterocycles. The van der Waals surface area contributed by atoms with Crippen molar-refractivity contribution in [2.75, 3.05) is 24.3 Å². The van der Waals surface area contributed by atoms with Crippen LogP contribution in [0, 0.1) is 6.92 Å². The quantitative estimate of drug-likeness (QED) is 0.536. The Hall–Kier alpha value is -3.34. The molecule has 170 valence electrons. The van der Waals surface area contributed by atoms with E-state index in [9.17, 15) is 18.3 Å². The molecule has 3 heterocycles. The van der Waals surface area contributed by atoms with Crippen molar-refractivity contribution in [1.82, 2.24) is 15.0 Å². The number of aromatic nitrogens is 3. The van der Waals surface area contributed by atoms with Crippen molar-refractivity contribution in [2.24, 2.45) is 0 Å². The van der Waals surface area contributed by atoms with E-state index in [-0.39, 0.29) is 29.0 Å². The van der Waals surface area contributed by atoms with E-state index in [0.29, 0.717) is 42.2 Å². The predicted molar refractivity (Wildman–Crippen MR) is 111 cm³/mol. The fourth-order valence-electron chi connectivity index (χ4n) is 3.47. The van der Waals surface area contributed by atoms with Crippen LogP contribution in [0.15, 0.2) is 24.3 Å². The summed E-state index contributed by atoms with van der Waals surface area (Å²) in [5.41, 5.74) is 5.13. The lowest BCUT2D eigenvalue weighted by molar-refractivity contribution is -0.141. The number of fused-ring (bicyclic) bond motifs is 1. The van der Waals surface area contributed by atoms with Crippen molar-refractivity contribution in [1.29, 1.82) is 0 Å². The molecule has 1 aliphatic rings. The number of phenolic OH excluding ortho intramolecular Hbond substituents is 1. The minimum absolute atomic E-state index is 0.0425. The zero-order valence-electron chi connectivity index (χ0n) is 17.4. The molecule has 0 aliphatic carbocycles.